The van der Waals surface area contributed by atoms with E-state index < -0.39 is 5.82 Å². The summed E-state index contributed by atoms with van der Waals surface area (Å²) < 4.78 is 19.3. The standard InChI is InChI=1S/C30H34Cl2FN5O2/c1-40-26-6-2-21(3-7-26)20-36-10-8-25(9-11-36)37-12-14-38(15-13-37)29-27(32)16-23(19-34-29)30(39)35-18-22-4-5-24(31)17-28(22)33/h2-7,16-17,19,25H,8-15,18,20H2,1H3,(H,35,39). The Kier molecular flexibility index (Phi) is 9.42. The average Bonchev–Trinajstić information content (AvgIpc) is 2.97. The molecule has 0 radical (unpaired) electrons. The number of piperazine rings is 1. The predicted molar refractivity (Wildman–Crippen MR) is 157 cm³/mol. The molecule has 1 N–H and O–H groups in total. The van der Waals surface area contributed by atoms with Crippen LogP contribution in [0.25, 0.3) is 0 Å². The zero-order chi connectivity index (χ0) is 28.1. The molecule has 3 heterocycles. The van der Waals surface area contributed by atoms with Crippen LogP contribution in [0.5, 0.6) is 5.75 Å². The number of pyridine rings is 1. The van der Waals surface area contributed by atoms with Crippen molar-refractivity contribution in [3.8, 4) is 5.75 Å². The Bertz CT molecular complexity index is 1310. The molecule has 0 bridgehead atoms. The maximum absolute atomic E-state index is 14.0. The lowest BCUT2D eigenvalue weighted by molar-refractivity contribution is 0.0950. The highest BCUT2D eigenvalue weighted by molar-refractivity contribution is 6.33. The summed E-state index contributed by atoms with van der Waals surface area (Å²) in [6, 6.07) is 14.9. The van der Waals surface area contributed by atoms with Crippen molar-refractivity contribution in [2.75, 3.05) is 51.3 Å². The van der Waals surface area contributed by atoms with E-state index >= 15 is 0 Å². The molecule has 10 heteroatoms. The minimum atomic E-state index is -0.461. The Labute approximate surface area is 244 Å². The summed E-state index contributed by atoms with van der Waals surface area (Å²) in [5.41, 5.74) is 2.01. The number of nitrogens with zero attached hydrogens (tertiary/aromatic N) is 4. The molecule has 2 fully saturated rings. The van der Waals surface area contributed by atoms with E-state index in [4.69, 9.17) is 27.9 Å². The second-order valence-electron chi connectivity index (χ2n) is 10.3. The highest BCUT2D eigenvalue weighted by atomic mass is 35.5. The quantitative estimate of drug-likeness (QED) is 0.389. The van der Waals surface area contributed by atoms with Crippen molar-refractivity contribution in [1.82, 2.24) is 20.1 Å². The number of anilines is 1. The molecule has 0 aliphatic carbocycles. The minimum absolute atomic E-state index is 0.0452. The van der Waals surface area contributed by atoms with Gasteiger partial charge in [-0.25, -0.2) is 9.37 Å². The van der Waals surface area contributed by atoms with Gasteiger partial charge in [-0.2, -0.15) is 0 Å². The fourth-order valence-corrected chi connectivity index (χ4v) is 5.91. The van der Waals surface area contributed by atoms with E-state index in [-0.39, 0.29) is 12.5 Å². The van der Waals surface area contributed by atoms with Gasteiger partial charge in [0.15, 0.2) is 0 Å². The number of carbonyl (C=O) groups is 1. The first kappa shape index (κ1) is 28.6. The molecule has 0 saturated carbocycles. The normalized spacial score (nSPS) is 17.1. The molecule has 2 aliphatic heterocycles. The van der Waals surface area contributed by atoms with Crippen LogP contribution >= 0.6 is 23.2 Å². The van der Waals surface area contributed by atoms with Crippen molar-refractivity contribution in [3.05, 3.63) is 87.3 Å². The van der Waals surface area contributed by atoms with Crippen LogP contribution in [-0.2, 0) is 13.1 Å². The molecule has 1 amide bonds. The van der Waals surface area contributed by atoms with Gasteiger partial charge in [0.05, 0.1) is 17.7 Å². The lowest BCUT2D eigenvalue weighted by Crippen LogP contribution is -2.53. The van der Waals surface area contributed by atoms with Crippen molar-refractivity contribution in [3.63, 3.8) is 0 Å². The Morgan fingerprint density at radius 2 is 1.75 bits per heavy atom. The van der Waals surface area contributed by atoms with Gasteiger partial charge in [0.25, 0.3) is 5.91 Å². The number of piperidine rings is 1. The first-order valence-electron chi connectivity index (χ1n) is 13.6. The molecule has 212 valence electrons. The molecule has 7 nitrogen and oxygen atoms in total. The van der Waals surface area contributed by atoms with Crippen LogP contribution < -0.4 is 15.0 Å². The monoisotopic (exact) mass is 585 g/mol. The third kappa shape index (κ3) is 7.04. The molecule has 5 rings (SSSR count). The van der Waals surface area contributed by atoms with Crippen molar-refractivity contribution >= 4 is 34.9 Å². The predicted octanol–water partition coefficient (Wildman–Crippen LogP) is 5.25. The van der Waals surface area contributed by atoms with E-state index in [2.05, 4.69) is 37.1 Å². The van der Waals surface area contributed by atoms with Gasteiger partial charge in [0.2, 0.25) is 0 Å². The van der Waals surface area contributed by atoms with Crippen molar-refractivity contribution in [1.29, 1.82) is 0 Å². The summed E-state index contributed by atoms with van der Waals surface area (Å²) in [5, 5.41) is 3.46. The second-order valence-corrected chi connectivity index (χ2v) is 11.2. The zero-order valence-electron chi connectivity index (χ0n) is 22.6. The Balaban J connectivity index is 1.08. The second kappa shape index (κ2) is 13.2. The van der Waals surface area contributed by atoms with Crippen LogP contribution in [-0.4, -0.2) is 73.1 Å². The largest absolute Gasteiger partial charge is 0.497 e. The number of halogens is 3. The molecular formula is C30H34Cl2FN5O2. The Hall–Kier alpha value is -2.91. The number of hydrogen-bond acceptors (Lipinski definition) is 6. The van der Waals surface area contributed by atoms with E-state index in [0.717, 1.165) is 51.6 Å². The summed E-state index contributed by atoms with van der Waals surface area (Å²) in [4.78, 5) is 24.4. The van der Waals surface area contributed by atoms with Crippen LogP contribution in [0.3, 0.4) is 0 Å². The van der Waals surface area contributed by atoms with Gasteiger partial charge in [-0.1, -0.05) is 41.4 Å². The van der Waals surface area contributed by atoms with Gasteiger partial charge in [0.1, 0.15) is 17.4 Å². The molecule has 0 unspecified atom stereocenters. The number of rotatable bonds is 8. The number of benzene rings is 2. The lowest BCUT2D eigenvalue weighted by atomic mass is 10.0. The summed E-state index contributed by atoms with van der Waals surface area (Å²) in [6.45, 7) is 6.79. The van der Waals surface area contributed by atoms with Crippen LogP contribution in [0.2, 0.25) is 10.0 Å². The number of likely N-dealkylation sites (tertiary alicyclic amines) is 1. The first-order chi connectivity index (χ1) is 19.4. The van der Waals surface area contributed by atoms with Gasteiger partial charge in [-0.3, -0.25) is 14.6 Å². The van der Waals surface area contributed by atoms with Gasteiger partial charge in [-0.15, -0.1) is 0 Å². The number of amides is 1. The molecule has 1 aromatic heterocycles. The third-order valence-electron chi connectivity index (χ3n) is 7.79. The number of carbonyl (C=O) groups excluding carboxylic acids is 1. The average molecular weight is 587 g/mol. The van der Waals surface area contributed by atoms with E-state index in [1.165, 1.54) is 30.7 Å². The van der Waals surface area contributed by atoms with Gasteiger partial charge in [-0.05, 0) is 61.8 Å². The topological polar surface area (TPSA) is 60.9 Å². The Morgan fingerprint density at radius 3 is 2.40 bits per heavy atom. The van der Waals surface area contributed by atoms with E-state index in [1.54, 1.807) is 25.3 Å². The zero-order valence-corrected chi connectivity index (χ0v) is 24.1. The molecule has 0 atom stereocenters. The molecule has 3 aromatic rings. The smallest absolute Gasteiger partial charge is 0.253 e. The number of hydrogen-bond donors (Lipinski definition) is 1. The van der Waals surface area contributed by atoms with E-state index in [1.807, 2.05) is 12.1 Å². The van der Waals surface area contributed by atoms with Crippen molar-refractivity contribution in [2.45, 2.75) is 32.0 Å². The van der Waals surface area contributed by atoms with Gasteiger partial charge < -0.3 is 15.0 Å². The fraction of sp³-hybridized carbons (Fsp3) is 0.400. The molecule has 0 spiro atoms. The van der Waals surface area contributed by atoms with Gasteiger partial charge in [0, 0.05) is 62.1 Å². The Morgan fingerprint density at radius 1 is 1.02 bits per heavy atom. The van der Waals surface area contributed by atoms with E-state index in [0.29, 0.717) is 33.0 Å². The number of aromatic nitrogens is 1. The molecule has 2 saturated heterocycles. The minimum Gasteiger partial charge on any atom is -0.497 e. The molecule has 2 aromatic carbocycles. The highest BCUT2D eigenvalue weighted by Gasteiger charge is 2.28. The maximum Gasteiger partial charge on any atom is 0.253 e. The summed E-state index contributed by atoms with van der Waals surface area (Å²) >= 11 is 12.4. The van der Waals surface area contributed by atoms with Crippen LogP contribution in [0, 0.1) is 5.82 Å². The van der Waals surface area contributed by atoms with E-state index in [9.17, 15) is 9.18 Å². The molecule has 40 heavy (non-hydrogen) atoms. The summed E-state index contributed by atoms with van der Waals surface area (Å²) in [6.07, 6.45) is 3.86. The van der Waals surface area contributed by atoms with Gasteiger partial charge >= 0.3 is 0 Å². The number of nitrogens with one attached hydrogen (secondary N) is 1. The molecular weight excluding hydrogens is 552 g/mol. The summed E-state index contributed by atoms with van der Waals surface area (Å²) in [5.74, 6) is 0.759. The number of ether oxygens (including phenoxy) is 1. The maximum atomic E-state index is 14.0. The van der Waals surface area contributed by atoms with Crippen LogP contribution in [0.15, 0.2) is 54.7 Å². The highest BCUT2D eigenvalue weighted by Crippen LogP contribution is 2.27. The van der Waals surface area contributed by atoms with Crippen molar-refractivity contribution in [2.24, 2.45) is 0 Å². The first-order valence-corrected chi connectivity index (χ1v) is 14.4. The fourth-order valence-electron chi connectivity index (χ4n) is 5.46. The number of methoxy groups -OCH3 is 1. The lowest BCUT2D eigenvalue weighted by Gasteiger charge is -2.43. The SMILES string of the molecule is COc1ccc(CN2CCC(N3CCN(c4ncc(C(=O)NCc5ccc(Cl)cc5F)cc4Cl)CC3)CC2)cc1. The van der Waals surface area contributed by atoms with Crippen LogP contribution in [0.4, 0.5) is 10.2 Å². The van der Waals surface area contributed by atoms with Crippen molar-refractivity contribution < 1.29 is 13.9 Å². The van der Waals surface area contributed by atoms with Crippen LogP contribution in [0.1, 0.15) is 34.3 Å². The third-order valence-corrected chi connectivity index (χ3v) is 8.30. The molecule has 2 aliphatic rings. The summed E-state index contributed by atoms with van der Waals surface area (Å²) in [7, 11) is 1.69.